The number of ether oxygens (including phenoxy) is 1. The summed E-state index contributed by atoms with van der Waals surface area (Å²) >= 11 is 0. The van der Waals surface area contributed by atoms with E-state index in [1.54, 1.807) is 44.4 Å². The molecule has 2 aromatic carbocycles. The molecule has 1 unspecified atom stereocenters. The zero-order valence-electron chi connectivity index (χ0n) is 17.8. The molecule has 0 bridgehead atoms. The summed E-state index contributed by atoms with van der Waals surface area (Å²) in [5.41, 5.74) is 1.80. The molecule has 0 aromatic heterocycles. The lowest BCUT2D eigenvalue weighted by Crippen LogP contribution is -2.42. The van der Waals surface area contributed by atoms with E-state index in [1.165, 1.54) is 0 Å². The number of carbonyl (C=O) groups excluding carboxylic acids is 3. The molecule has 1 saturated heterocycles. The van der Waals surface area contributed by atoms with Crippen LogP contribution >= 0.6 is 0 Å². The third-order valence-electron chi connectivity index (χ3n) is 5.22. The van der Waals surface area contributed by atoms with E-state index in [0.717, 1.165) is 16.2 Å². The predicted octanol–water partition coefficient (Wildman–Crippen LogP) is 2.48. The molecule has 4 amide bonds. The van der Waals surface area contributed by atoms with Crippen LogP contribution in [0.5, 0.6) is 5.75 Å². The van der Waals surface area contributed by atoms with E-state index in [0.29, 0.717) is 17.0 Å². The molecule has 0 spiro atoms. The second-order valence-corrected chi connectivity index (χ2v) is 7.62. The lowest BCUT2D eigenvalue weighted by Gasteiger charge is -2.23. The Balaban J connectivity index is 1.72. The van der Waals surface area contributed by atoms with Gasteiger partial charge in [0.1, 0.15) is 17.8 Å². The molecule has 8 heteroatoms. The van der Waals surface area contributed by atoms with E-state index >= 15 is 0 Å². The molecule has 3 rings (SSSR count). The minimum Gasteiger partial charge on any atom is -0.496 e. The minimum absolute atomic E-state index is 0.370. The van der Waals surface area contributed by atoms with Crippen LogP contribution in [0.3, 0.4) is 0 Å². The molecule has 0 saturated carbocycles. The van der Waals surface area contributed by atoms with Crippen LogP contribution in [-0.4, -0.2) is 50.5 Å². The van der Waals surface area contributed by atoms with Crippen LogP contribution in [-0.2, 0) is 15.1 Å². The second-order valence-electron chi connectivity index (χ2n) is 7.62. The number of urea groups is 1. The Kier molecular flexibility index (Phi) is 5.69. The van der Waals surface area contributed by atoms with Crippen LogP contribution in [0.4, 0.5) is 16.2 Å². The van der Waals surface area contributed by atoms with Gasteiger partial charge in [-0.15, -0.1) is 0 Å². The van der Waals surface area contributed by atoms with Gasteiger partial charge >= 0.3 is 6.03 Å². The normalized spacial score (nSPS) is 18.2. The molecular formula is C22H26N4O4. The van der Waals surface area contributed by atoms with Crippen LogP contribution < -0.4 is 20.3 Å². The van der Waals surface area contributed by atoms with Crippen LogP contribution in [0.2, 0.25) is 0 Å². The highest BCUT2D eigenvalue weighted by Gasteiger charge is 2.49. The summed E-state index contributed by atoms with van der Waals surface area (Å²) in [5.74, 6) is -0.239. The zero-order chi connectivity index (χ0) is 22.1. The van der Waals surface area contributed by atoms with Crippen molar-refractivity contribution in [2.24, 2.45) is 0 Å². The molecule has 0 aliphatic carbocycles. The first kappa shape index (κ1) is 21.2. The molecule has 2 N–H and O–H groups in total. The number of methoxy groups -OCH3 is 1. The summed E-state index contributed by atoms with van der Waals surface area (Å²) in [5, 5.41) is 5.43. The first-order chi connectivity index (χ1) is 14.2. The second kappa shape index (κ2) is 8.06. The smallest absolute Gasteiger partial charge is 0.325 e. The van der Waals surface area contributed by atoms with Crippen molar-refractivity contribution in [1.82, 2.24) is 10.2 Å². The summed E-state index contributed by atoms with van der Waals surface area (Å²) in [4.78, 5) is 40.8. The fourth-order valence-electron chi connectivity index (χ4n) is 3.41. The van der Waals surface area contributed by atoms with Gasteiger partial charge in [-0.3, -0.25) is 14.5 Å². The molecule has 1 aliphatic rings. The summed E-state index contributed by atoms with van der Waals surface area (Å²) in [6.45, 7) is 3.12. The number of hydrogen-bond acceptors (Lipinski definition) is 5. The van der Waals surface area contributed by atoms with Crippen LogP contribution in [0.15, 0.2) is 42.5 Å². The van der Waals surface area contributed by atoms with Crippen LogP contribution in [0.25, 0.3) is 0 Å². The van der Waals surface area contributed by atoms with E-state index < -0.39 is 23.4 Å². The van der Waals surface area contributed by atoms with Crippen molar-refractivity contribution in [2.75, 3.05) is 38.0 Å². The average molecular weight is 410 g/mol. The largest absolute Gasteiger partial charge is 0.496 e. The van der Waals surface area contributed by atoms with Crippen molar-refractivity contribution in [3.8, 4) is 5.75 Å². The van der Waals surface area contributed by atoms with Gasteiger partial charge < -0.3 is 20.3 Å². The minimum atomic E-state index is -1.25. The first-order valence-electron chi connectivity index (χ1n) is 9.52. The Morgan fingerprint density at radius 1 is 1.17 bits per heavy atom. The number of hydrogen-bond donors (Lipinski definition) is 2. The Labute approximate surface area is 175 Å². The maximum atomic E-state index is 13.0. The monoisotopic (exact) mass is 410 g/mol. The molecule has 1 atom stereocenters. The topological polar surface area (TPSA) is 91.0 Å². The van der Waals surface area contributed by atoms with Crippen LogP contribution in [0, 0.1) is 6.92 Å². The Bertz CT molecular complexity index is 987. The fraction of sp³-hybridized carbons (Fsp3) is 0.318. The van der Waals surface area contributed by atoms with Gasteiger partial charge in [-0.05, 0) is 61.4 Å². The predicted molar refractivity (Wildman–Crippen MR) is 115 cm³/mol. The van der Waals surface area contributed by atoms with Gasteiger partial charge in [0.05, 0.1) is 7.11 Å². The maximum Gasteiger partial charge on any atom is 0.325 e. The number of anilines is 2. The summed E-state index contributed by atoms with van der Waals surface area (Å²) in [6, 6.07) is 12.0. The molecule has 158 valence electrons. The Morgan fingerprint density at radius 2 is 1.83 bits per heavy atom. The number of benzene rings is 2. The number of nitrogens with zero attached hydrogens (tertiary/aromatic N) is 2. The highest BCUT2D eigenvalue weighted by atomic mass is 16.5. The SMILES string of the molecule is COc1ccc(C2(C)NC(=O)N(CC(=O)Nc3ccc(N(C)C)cc3)C2=O)cc1C. The third kappa shape index (κ3) is 3.94. The quantitative estimate of drug-likeness (QED) is 0.714. The van der Waals surface area contributed by atoms with E-state index in [1.807, 2.05) is 38.1 Å². The summed E-state index contributed by atoms with van der Waals surface area (Å²) in [7, 11) is 5.42. The molecular weight excluding hydrogens is 384 g/mol. The van der Waals surface area contributed by atoms with Gasteiger partial charge in [-0.2, -0.15) is 0 Å². The highest BCUT2D eigenvalue weighted by Crippen LogP contribution is 2.31. The lowest BCUT2D eigenvalue weighted by atomic mass is 9.90. The van der Waals surface area contributed by atoms with Gasteiger partial charge in [-0.1, -0.05) is 6.07 Å². The Morgan fingerprint density at radius 3 is 2.40 bits per heavy atom. The van der Waals surface area contributed by atoms with Gasteiger partial charge in [0.2, 0.25) is 5.91 Å². The van der Waals surface area contributed by atoms with Crippen molar-refractivity contribution < 1.29 is 19.1 Å². The number of carbonyl (C=O) groups is 3. The number of imide groups is 1. The number of nitrogens with one attached hydrogen (secondary N) is 2. The summed E-state index contributed by atoms with van der Waals surface area (Å²) in [6.07, 6.45) is 0. The van der Waals surface area contributed by atoms with Crippen LogP contribution in [0.1, 0.15) is 18.1 Å². The Hall–Kier alpha value is -3.55. The standard InChI is InChI=1S/C22H26N4O4/c1-14-12-15(6-11-18(14)30-5)22(2)20(28)26(21(29)24-22)13-19(27)23-16-7-9-17(10-8-16)25(3)4/h6-12H,13H2,1-5H3,(H,23,27)(H,24,29). The van der Waals surface area contributed by atoms with Crippen molar-refractivity contribution in [3.63, 3.8) is 0 Å². The third-order valence-corrected chi connectivity index (χ3v) is 5.22. The molecule has 2 aromatic rings. The molecule has 1 aliphatic heterocycles. The first-order valence-corrected chi connectivity index (χ1v) is 9.52. The van der Waals surface area contributed by atoms with Crippen molar-refractivity contribution >= 4 is 29.2 Å². The van der Waals surface area contributed by atoms with Gasteiger partial charge in [0, 0.05) is 25.5 Å². The molecule has 1 heterocycles. The van der Waals surface area contributed by atoms with Gasteiger partial charge in [0.25, 0.3) is 5.91 Å². The summed E-state index contributed by atoms with van der Waals surface area (Å²) < 4.78 is 5.26. The fourth-order valence-corrected chi connectivity index (χ4v) is 3.41. The average Bonchev–Trinajstić information content (AvgIpc) is 2.92. The van der Waals surface area contributed by atoms with Gasteiger partial charge in [-0.25, -0.2) is 4.79 Å². The van der Waals surface area contributed by atoms with E-state index in [-0.39, 0.29) is 6.54 Å². The lowest BCUT2D eigenvalue weighted by molar-refractivity contribution is -0.133. The zero-order valence-corrected chi connectivity index (χ0v) is 17.8. The van der Waals surface area contributed by atoms with Crippen molar-refractivity contribution in [1.29, 1.82) is 0 Å². The van der Waals surface area contributed by atoms with E-state index in [2.05, 4.69) is 10.6 Å². The maximum absolute atomic E-state index is 13.0. The number of amides is 4. The van der Waals surface area contributed by atoms with Gasteiger partial charge in [0.15, 0.2) is 0 Å². The highest BCUT2D eigenvalue weighted by molar-refractivity contribution is 6.10. The number of rotatable bonds is 6. The molecule has 30 heavy (non-hydrogen) atoms. The molecule has 8 nitrogen and oxygen atoms in total. The molecule has 1 fully saturated rings. The van der Waals surface area contributed by atoms with Crippen molar-refractivity contribution in [2.45, 2.75) is 19.4 Å². The van der Waals surface area contributed by atoms with Crippen molar-refractivity contribution in [3.05, 3.63) is 53.6 Å². The van der Waals surface area contributed by atoms with E-state index in [9.17, 15) is 14.4 Å². The number of aryl methyl sites for hydroxylation is 1. The van der Waals surface area contributed by atoms with E-state index in [4.69, 9.17) is 4.74 Å². The molecule has 0 radical (unpaired) electrons.